The molecule has 0 spiro atoms. The maximum atomic E-state index is 8.63. The van der Waals surface area contributed by atoms with E-state index in [2.05, 4.69) is 11.5 Å². The second-order valence-corrected chi connectivity index (χ2v) is 2.15. The van der Waals surface area contributed by atoms with Crippen LogP contribution in [0, 0.1) is 11.3 Å². The van der Waals surface area contributed by atoms with Crippen LogP contribution in [-0.2, 0) is 6.54 Å². The molecule has 0 atom stereocenters. The molecule has 0 aromatic heterocycles. The fourth-order valence-electron chi connectivity index (χ4n) is 0.893. The molecule has 0 fully saturated rings. The van der Waals surface area contributed by atoms with Gasteiger partial charge in [0.05, 0.1) is 11.6 Å². The molecule has 0 amide bonds. The Morgan fingerprint density at radius 1 is 1.42 bits per heavy atom. The number of nitrogens with two attached hydrogens (primary N) is 1. The van der Waals surface area contributed by atoms with Crippen molar-refractivity contribution >= 4 is 12.4 Å². The Bertz CT molecular complexity index is 280. The molecule has 0 radical (unpaired) electrons. The molecule has 0 aliphatic heterocycles. The van der Waals surface area contributed by atoms with E-state index >= 15 is 0 Å². The molecule has 3 nitrogen and oxygen atoms in total. The number of halogens is 1. The van der Waals surface area contributed by atoms with Crippen LogP contribution in [0.15, 0.2) is 24.3 Å². The summed E-state index contributed by atoms with van der Waals surface area (Å²) in [5.41, 5.74) is 4.11. The van der Waals surface area contributed by atoms with Gasteiger partial charge < -0.3 is 0 Å². The van der Waals surface area contributed by atoms with Crippen LogP contribution in [-0.4, -0.2) is 0 Å². The average Bonchev–Trinajstić information content (AvgIpc) is 2.06. The van der Waals surface area contributed by atoms with E-state index < -0.39 is 0 Å². The molecule has 64 valence electrons. The number of nitrogens with zero attached hydrogens (tertiary/aromatic N) is 1. The number of hydrogen-bond donors (Lipinski definition) is 2. The van der Waals surface area contributed by atoms with Gasteiger partial charge in [0, 0.05) is 6.54 Å². The van der Waals surface area contributed by atoms with Crippen LogP contribution in [0.1, 0.15) is 11.1 Å². The van der Waals surface area contributed by atoms with Crippen molar-refractivity contribution in [1.29, 1.82) is 5.26 Å². The normalized spacial score (nSPS) is 8.33. The summed E-state index contributed by atoms with van der Waals surface area (Å²) < 4.78 is 0. The summed E-state index contributed by atoms with van der Waals surface area (Å²) in [6.07, 6.45) is 0. The van der Waals surface area contributed by atoms with Crippen molar-refractivity contribution in [2.75, 3.05) is 0 Å². The standard InChI is InChI=1S/C8H9N3.ClH/c9-5-7-3-1-2-4-8(7)6-11-10;/h1-4,11H,6,10H2;1H. The number of benzene rings is 1. The number of nitriles is 1. The molecule has 4 heteroatoms. The Morgan fingerprint density at radius 2 is 2.08 bits per heavy atom. The SMILES string of the molecule is Cl.N#Cc1ccccc1CNN. The third kappa shape index (κ3) is 2.51. The van der Waals surface area contributed by atoms with E-state index in [9.17, 15) is 0 Å². The Balaban J connectivity index is 0.00000121. The molecule has 3 N–H and O–H groups in total. The molecule has 0 saturated heterocycles. The summed E-state index contributed by atoms with van der Waals surface area (Å²) in [6.45, 7) is 0.531. The molecule has 0 aliphatic rings. The average molecular weight is 184 g/mol. The molecule has 1 aromatic rings. The third-order valence-electron chi connectivity index (χ3n) is 1.43. The maximum Gasteiger partial charge on any atom is 0.0995 e. The van der Waals surface area contributed by atoms with Gasteiger partial charge in [-0.05, 0) is 11.6 Å². The van der Waals surface area contributed by atoms with Gasteiger partial charge in [0.15, 0.2) is 0 Å². The lowest BCUT2D eigenvalue weighted by Gasteiger charge is -2.00. The predicted molar refractivity (Wildman–Crippen MR) is 49.4 cm³/mol. The summed E-state index contributed by atoms with van der Waals surface area (Å²) >= 11 is 0. The minimum atomic E-state index is 0. The molecule has 1 rings (SSSR count). The monoisotopic (exact) mass is 183 g/mol. The van der Waals surface area contributed by atoms with Gasteiger partial charge >= 0.3 is 0 Å². The van der Waals surface area contributed by atoms with Crippen LogP contribution in [0.2, 0.25) is 0 Å². The van der Waals surface area contributed by atoms with Gasteiger partial charge in [0.25, 0.3) is 0 Å². The van der Waals surface area contributed by atoms with E-state index in [1.165, 1.54) is 0 Å². The van der Waals surface area contributed by atoms with Crippen LogP contribution >= 0.6 is 12.4 Å². The zero-order valence-corrected chi connectivity index (χ0v) is 7.27. The van der Waals surface area contributed by atoms with Crippen molar-refractivity contribution in [1.82, 2.24) is 5.43 Å². The van der Waals surface area contributed by atoms with E-state index in [0.717, 1.165) is 5.56 Å². The Morgan fingerprint density at radius 3 is 2.67 bits per heavy atom. The lowest BCUT2D eigenvalue weighted by atomic mass is 10.1. The van der Waals surface area contributed by atoms with Crippen molar-refractivity contribution in [3.63, 3.8) is 0 Å². The van der Waals surface area contributed by atoms with Crippen LogP contribution in [0.5, 0.6) is 0 Å². The van der Waals surface area contributed by atoms with Crippen molar-refractivity contribution in [3.05, 3.63) is 35.4 Å². The predicted octanol–water partition coefficient (Wildman–Crippen LogP) is 0.943. The summed E-state index contributed by atoms with van der Waals surface area (Å²) in [5.74, 6) is 5.12. The highest BCUT2D eigenvalue weighted by Gasteiger charge is 1.96. The van der Waals surface area contributed by atoms with Crippen molar-refractivity contribution in [2.45, 2.75) is 6.54 Å². The van der Waals surface area contributed by atoms with Crippen molar-refractivity contribution in [3.8, 4) is 6.07 Å². The summed E-state index contributed by atoms with van der Waals surface area (Å²) in [4.78, 5) is 0. The van der Waals surface area contributed by atoms with Crippen LogP contribution in [0.4, 0.5) is 0 Å². The second-order valence-electron chi connectivity index (χ2n) is 2.15. The van der Waals surface area contributed by atoms with Gasteiger partial charge in [-0.2, -0.15) is 5.26 Å². The number of hydrogen-bond acceptors (Lipinski definition) is 3. The van der Waals surface area contributed by atoms with Gasteiger partial charge in [0.2, 0.25) is 0 Å². The van der Waals surface area contributed by atoms with E-state index in [0.29, 0.717) is 12.1 Å². The summed E-state index contributed by atoms with van der Waals surface area (Å²) in [5, 5.41) is 8.63. The fourth-order valence-corrected chi connectivity index (χ4v) is 0.893. The summed E-state index contributed by atoms with van der Waals surface area (Å²) in [6, 6.07) is 9.44. The Hall–Kier alpha value is -1.08. The molecule has 0 unspecified atom stereocenters. The molecule has 0 bridgehead atoms. The first-order valence-corrected chi connectivity index (χ1v) is 3.30. The Labute approximate surface area is 77.6 Å². The molecule has 1 aromatic carbocycles. The van der Waals surface area contributed by atoms with Crippen LogP contribution in [0.3, 0.4) is 0 Å². The number of hydrazine groups is 1. The number of nitrogens with one attached hydrogen (secondary N) is 1. The van der Waals surface area contributed by atoms with Gasteiger partial charge in [-0.15, -0.1) is 12.4 Å². The minimum Gasteiger partial charge on any atom is -0.271 e. The first-order valence-electron chi connectivity index (χ1n) is 3.30. The smallest absolute Gasteiger partial charge is 0.0995 e. The van der Waals surface area contributed by atoms with Crippen molar-refractivity contribution in [2.24, 2.45) is 5.84 Å². The highest BCUT2D eigenvalue weighted by atomic mass is 35.5. The first kappa shape index (κ1) is 10.9. The fraction of sp³-hybridized carbons (Fsp3) is 0.125. The minimum absolute atomic E-state index is 0. The van der Waals surface area contributed by atoms with E-state index in [1.54, 1.807) is 6.07 Å². The zero-order valence-electron chi connectivity index (χ0n) is 6.45. The quantitative estimate of drug-likeness (QED) is 0.530. The topological polar surface area (TPSA) is 61.8 Å². The lowest BCUT2D eigenvalue weighted by Crippen LogP contribution is -2.21. The molecular weight excluding hydrogens is 174 g/mol. The highest BCUT2D eigenvalue weighted by molar-refractivity contribution is 5.85. The van der Waals surface area contributed by atoms with Gasteiger partial charge in [0.1, 0.15) is 0 Å². The molecular formula is C8H10ClN3. The van der Waals surface area contributed by atoms with Gasteiger partial charge in [-0.1, -0.05) is 18.2 Å². The molecule has 0 saturated carbocycles. The number of rotatable bonds is 2. The Kier molecular flexibility index (Phi) is 5.06. The first-order chi connectivity index (χ1) is 5.38. The van der Waals surface area contributed by atoms with Crippen molar-refractivity contribution < 1.29 is 0 Å². The van der Waals surface area contributed by atoms with Crippen LogP contribution in [0.25, 0.3) is 0 Å². The zero-order chi connectivity index (χ0) is 8.10. The van der Waals surface area contributed by atoms with E-state index in [4.69, 9.17) is 11.1 Å². The van der Waals surface area contributed by atoms with E-state index in [1.807, 2.05) is 18.2 Å². The highest BCUT2D eigenvalue weighted by Crippen LogP contribution is 2.05. The third-order valence-corrected chi connectivity index (χ3v) is 1.43. The van der Waals surface area contributed by atoms with E-state index in [-0.39, 0.29) is 12.4 Å². The van der Waals surface area contributed by atoms with Gasteiger partial charge in [-0.25, -0.2) is 0 Å². The summed E-state index contributed by atoms with van der Waals surface area (Å²) in [7, 11) is 0. The molecule has 12 heavy (non-hydrogen) atoms. The van der Waals surface area contributed by atoms with Crippen LogP contribution < -0.4 is 11.3 Å². The largest absolute Gasteiger partial charge is 0.271 e. The lowest BCUT2D eigenvalue weighted by molar-refractivity contribution is 0.740. The maximum absolute atomic E-state index is 8.63. The molecule has 0 aliphatic carbocycles. The van der Waals surface area contributed by atoms with Gasteiger partial charge in [-0.3, -0.25) is 11.3 Å². The second kappa shape index (κ2) is 5.56. The molecule has 0 heterocycles.